The highest BCUT2D eigenvalue weighted by molar-refractivity contribution is 7.89. The standard InChI is InChI=1S/C14H20N2O4S/c1-3-20-12-7-6-11(8-13(12)21(15,18)19)14(17)16-9(2)10-4-5-10/h6-10H,3-5H2,1-2H3,(H,16,17)(H2,15,18,19). The van der Waals surface area contributed by atoms with E-state index >= 15 is 0 Å². The van der Waals surface area contributed by atoms with Gasteiger partial charge in [0, 0.05) is 11.6 Å². The maximum Gasteiger partial charge on any atom is 0.251 e. The highest BCUT2D eigenvalue weighted by Gasteiger charge is 2.29. The van der Waals surface area contributed by atoms with Crippen molar-refractivity contribution in [3.63, 3.8) is 0 Å². The van der Waals surface area contributed by atoms with Crippen LogP contribution in [0.1, 0.15) is 37.0 Å². The molecule has 21 heavy (non-hydrogen) atoms. The van der Waals surface area contributed by atoms with Crippen molar-refractivity contribution >= 4 is 15.9 Å². The van der Waals surface area contributed by atoms with Gasteiger partial charge in [-0.1, -0.05) is 0 Å². The van der Waals surface area contributed by atoms with Gasteiger partial charge in [0.1, 0.15) is 10.6 Å². The largest absolute Gasteiger partial charge is 0.492 e. The van der Waals surface area contributed by atoms with E-state index in [1.54, 1.807) is 6.92 Å². The van der Waals surface area contributed by atoms with Gasteiger partial charge in [-0.25, -0.2) is 13.6 Å². The number of amides is 1. The molecule has 7 heteroatoms. The summed E-state index contributed by atoms with van der Waals surface area (Å²) in [5.41, 5.74) is 0.259. The number of nitrogens with two attached hydrogens (primary N) is 1. The predicted octanol–water partition coefficient (Wildman–Crippen LogP) is 1.26. The zero-order valence-electron chi connectivity index (χ0n) is 12.1. The number of benzene rings is 1. The summed E-state index contributed by atoms with van der Waals surface area (Å²) in [7, 11) is -3.95. The Hall–Kier alpha value is -1.60. The fourth-order valence-electron chi connectivity index (χ4n) is 2.15. The van der Waals surface area contributed by atoms with E-state index in [0.717, 1.165) is 12.8 Å². The first-order chi connectivity index (χ1) is 9.82. The molecule has 0 spiro atoms. The fourth-order valence-corrected chi connectivity index (χ4v) is 2.85. The van der Waals surface area contributed by atoms with E-state index in [9.17, 15) is 13.2 Å². The Bertz CT molecular complexity index is 638. The van der Waals surface area contributed by atoms with E-state index in [1.165, 1.54) is 18.2 Å². The van der Waals surface area contributed by atoms with E-state index in [2.05, 4.69) is 5.32 Å². The number of hydrogen-bond donors (Lipinski definition) is 2. The molecule has 2 rings (SSSR count). The lowest BCUT2D eigenvalue weighted by molar-refractivity contribution is 0.0935. The molecule has 0 aliphatic heterocycles. The van der Waals surface area contributed by atoms with Crippen LogP contribution in [0.3, 0.4) is 0 Å². The molecule has 3 N–H and O–H groups in total. The van der Waals surface area contributed by atoms with Crippen molar-refractivity contribution in [3.8, 4) is 5.75 Å². The van der Waals surface area contributed by atoms with Crippen molar-refractivity contribution in [1.29, 1.82) is 0 Å². The second-order valence-corrected chi connectivity index (χ2v) is 6.77. The molecule has 1 unspecified atom stereocenters. The zero-order chi connectivity index (χ0) is 15.6. The number of hydrogen-bond acceptors (Lipinski definition) is 4. The average Bonchev–Trinajstić information content (AvgIpc) is 3.22. The minimum Gasteiger partial charge on any atom is -0.492 e. The van der Waals surface area contributed by atoms with Gasteiger partial charge in [-0.3, -0.25) is 4.79 Å². The third-order valence-electron chi connectivity index (χ3n) is 3.50. The molecule has 0 bridgehead atoms. The molecule has 0 radical (unpaired) electrons. The summed E-state index contributed by atoms with van der Waals surface area (Å²) in [5, 5.41) is 8.05. The molecule has 1 aliphatic rings. The van der Waals surface area contributed by atoms with Crippen molar-refractivity contribution in [2.75, 3.05) is 6.61 Å². The van der Waals surface area contributed by atoms with Crippen LogP contribution in [0.4, 0.5) is 0 Å². The lowest BCUT2D eigenvalue weighted by Crippen LogP contribution is -2.34. The zero-order valence-corrected chi connectivity index (χ0v) is 12.9. The maximum absolute atomic E-state index is 12.1. The van der Waals surface area contributed by atoms with Crippen LogP contribution in [0, 0.1) is 5.92 Å². The molecule has 1 atom stereocenters. The second-order valence-electron chi connectivity index (χ2n) is 5.24. The van der Waals surface area contributed by atoms with E-state index < -0.39 is 10.0 Å². The van der Waals surface area contributed by atoms with Gasteiger partial charge in [-0.2, -0.15) is 0 Å². The van der Waals surface area contributed by atoms with Gasteiger partial charge in [0.05, 0.1) is 6.61 Å². The number of carbonyl (C=O) groups is 1. The lowest BCUT2D eigenvalue weighted by Gasteiger charge is -2.14. The second kappa shape index (κ2) is 6.03. The van der Waals surface area contributed by atoms with Crippen molar-refractivity contribution in [2.45, 2.75) is 37.6 Å². The molecule has 1 aromatic rings. The molecular weight excluding hydrogens is 292 g/mol. The maximum atomic E-state index is 12.1. The number of rotatable bonds is 6. The van der Waals surface area contributed by atoms with Crippen molar-refractivity contribution in [1.82, 2.24) is 5.32 Å². The number of ether oxygens (including phenoxy) is 1. The van der Waals surface area contributed by atoms with E-state index in [-0.39, 0.29) is 28.2 Å². The first-order valence-electron chi connectivity index (χ1n) is 6.93. The van der Waals surface area contributed by atoms with Gasteiger partial charge in [-0.15, -0.1) is 0 Å². The Morgan fingerprint density at radius 3 is 2.67 bits per heavy atom. The van der Waals surface area contributed by atoms with Gasteiger partial charge < -0.3 is 10.1 Å². The Labute approximate surface area is 124 Å². The quantitative estimate of drug-likeness (QED) is 0.826. The van der Waals surface area contributed by atoms with Crippen LogP contribution < -0.4 is 15.2 Å². The third kappa shape index (κ3) is 3.95. The summed E-state index contributed by atoms with van der Waals surface area (Å²) in [6.07, 6.45) is 2.24. The molecule has 1 amide bonds. The van der Waals surface area contributed by atoms with E-state index in [0.29, 0.717) is 12.5 Å². The van der Waals surface area contributed by atoms with Gasteiger partial charge in [-0.05, 0) is 50.8 Å². The molecule has 1 aromatic carbocycles. The van der Waals surface area contributed by atoms with Crippen molar-refractivity contribution in [2.24, 2.45) is 11.1 Å². The Kier molecular flexibility index (Phi) is 4.53. The van der Waals surface area contributed by atoms with Crippen LogP contribution in [-0.4, -0.2) is 27.0 Å². The normalized spacial score (nSPS) is 16.3. The first kappa shape index (κ1) is 15.8. The first-order valence-corrected chi connectivity index (χ1v) is 8.48. The van der Waals surface area contributed by atoms with Gasteiger partial charge in [0.2, 0.25) is 10.0 Å². The van der Waals surface area contributed by atoms with Crippen LogP contribution in [0.2, 0.25) is 0 Å². The topological polar surface area (TPSA) is 98.5 Å². The number of carbonyl (C=O) groups excluding carboxylic acids is 1. The number of nitrogens with one attached hydrogen (secondary N) is 1. The van der Waals surface area contributed by atoms with Gasteiger partial charge >= 0.3 is 0 Å². The van der Waals surface area contributed by atoms with Crippen LogP contribution >= 0.6 is 0 Å². The third-order valence-corrected chi connectivity index (χ3v) is 4.43. The molecule has 1 saturated carbocycles. The van der Waals surface area contributed by atoms with Gasteiger partial charge in [0.25, 0.3) is 5.91 Å². The van der Waals surface area contributed by atoms with Crippen molar-refractivity contribution < 1.29 is 17.9 Å². The minimum atomic E-state index is -3.95. The molecule has 0 aromatic heterocycles. The highest BCUT2D eigenvalue weighted by Crippen LogP contribution is 2.32. The monoisotopic (exact) mass is 312 g/mol. The lowest BCUT2D eigenvalue weighted by atomic mass is 10.1. The van der Waals surface area contributed by atoms with Crippen LogP contribution in [0.25, 0.3) is 0 Å². The molecule has 0 heterocycles. The van der Waals surface area contributed by atoms with Crippen molar-refractivity contribution in [3.05, 3.63) is 23.8 Å². The summed E-state index contributed by atoms with van der Waals surface area (Å²) in [5.74, 6) is 0.378. The van der Waals surface area contributed by atoms with Crippen LogP contribution in [0.15, 0.2) is 23.1 Å². The average molecular weight is 312 g/mol. The Balaban J connectivity index is 2.26. The smallest absolute Gasteiger partial charge is 0.251 e. The summed E-state index contributed by atoms with van der Waals surface area (Å²) in [6.45, 7) is 4.00. The Morgan fingerprint density at radius 1 is 1.48 bits per heavy atom. The number of primary sulfonamides is 1. The molecule has 6 nitrogen and oxygen atoms in total. The Morgan fingerprint density at radius 2 is 2.14 bits per heavy atom. The van der Waals surface area contributed by atoms with E-state index in [4.69, 9.17) is 9.88 Å². The van der Waals surface area contributed by atoms with Crippen LogP contribution in [-0.2, 0) is 10.0 Å². The van der Waals surface area contributed by atoms with E-state index in [1.807, 2.05) is 6.92 Å². The van der Waals surface area contributed by atoms with Crippen LogP contribution in [0.5, 0.6) is 5.75 Å². The molecular formula is C14H20N2O4S. The molecule has 0 saturated heterocycles. The molecule has 116 valence electrons. The SMILES string of the molecule is CCOc1ccc(C(=O)NC(C)C2CC2)cc1S(N)(=O)=O. The molecule has 1 fully saturated rings. The minimum absolute atomic E-state index is 0.0852. The summed E-state index contributed by atoms with van der Waals surface area (Å²) < 4.78 is 28.5. The fraction of sp³-hybridized carbons (Fsp3) is 0.500. The molecule has 1 aliphatic carbocycles. The highest BCUT2D eigenvalue weighted by atomic mass is 32.2. The summed E-state index contributed by atoms with van der Waals surface area (Å²) >= 11 is 0. The number of sulfonamides is 1. The summed E-state index contributed by atoms with van der Waals surface area (Å²) in [4.78, 5) is 12.0. The predicted molar refractivity (Wildman–Crippen MR) is 78.6 cm³/mol. The summed E-state index contributed by atoms with van der Waals surface area (Å²) in [6, 6.07) is 4.34. The van der Waals surface area contributed by atoms with Gasteiger partial charge in [0.15, 0.2) is 0 Å².